The van der Waals surface area contributed by atoms with Crippen LogP contribution in [0.1, 0.15) is 27.2 Å². The Morgan fingerprint density at radius 1 is 1.43 bits per heavy atom. The highest BCUT2D eigenvalue weighted by atomic mass is 16.7. The van der Waals surface area contributed by atoms with Crippen molar-refractivity contribution in [2.75, 3.05) is 20.7 Å². The maximum atomic E-state index is 11.6. The Balaban J connectivity index is 2.57. The summed E-state index contributed by atoms with van der Waals surface area (Å²) in [6.45, 7) is 6.13. The van der Waals surface area contributed by atoms with Gasteiger partial charge in [-0.2, -0.15) is 0 Å². The zero-order valence-corrected chi connectivity index (χ0v) is 13.4. The van der Waals surface area contributed by atoms with Gasteiger partial charge in [0.25, 0.3) is 0 Å². The molecular weight excluding hydrogens is 274 g/mol. The van der Waals surface area contributed by atoms with Crippen LogP contribution >= 0.6 is 0 Å². The quantitative estimate of drug-likeness (QED) is 0.577. The van der Waals surface area contributed by atoms with E-state index in [-0.39, 0.29) is 30.7 Å². The van der Waals surface area contributed by atoms with Gasteiger partial charge in [-0.3, -0.25) is 0 Å². The van der Waals surface area contributed by atoms with Crippen LogP contribution in [0.25, 0.3) is 0 Å². The van der Waals surface area contributed by atoms with Crippen LogP contribution in [0.4, 0.5) is 9.59 Å². The third-order valence-electron chi connectivity index (χ3n) is 3.59. The molecule has 0 aromatic rings. The summed E-state index contributed by atoms with van der Waals surface area (Å²) in [6.07, 6.45) is 2.82. The van der Waals surface area contributed by atoms with Gasteiger partial charge in [0.05, 0.1) is 6.61 Å². The van der Waals surface area contributed by atoms with Crippen LogP contribution in [-0.2, 0) is 14.2 Å². The van der Waals surface area contributed by atoms with Gasteiger partial charge in [0.1, 0.15) is 12.2 Å². The molecule has 1 aliphatic rings. The molecule has 0 saturated carbocycles. The molecule has 1 aliphatic heterocycles. The molecule has 0 N–H and O–H groups in total. The molecule has 0 spiro atoms. The van der Waals surface area contributed by atoms with Gasteiger partial charge < -0.3 is 19.1 Å². The molecule has 0 aromatic carbocycles. The fourth-order valence-corrected chi connectivity index (χ4v) is 2.40. The van der Waals surface area contributed by atoms with Crippen LogP contribution in [0.5, 0.6) is 0 Å². The van der Waals surface area contributed by atoms with E-state index >= 15 is 0 Å². The highest BCUT2D eigenvalue weighted by Gasteiger charge is 2.39. The first-order chi connectivity index (χ1) is 9.86. The Hall–Kier alpha value is -1.72. The third-order valence-corrected chi connectivity index (χ3v) is 3.59. The number of rotatable bonds is 5. The number of carbonyl (C=O) groups is 2. The molecule has 1 amide bonds. The van der Waals surface area contributed by atoms with Gasteiger partial charge in [0.2, 0.25) is 0 Å². The highest BCUT2D eigenvalue weighted by molar-refractivity contribution is 5.66. The van der Waals surface area contributed by atoms with Crippen LogP contribution in [0.15, 0.2) is 12.2 Å². The zero-order valence-electron chi connectivity index (χ0n) is 13.4. The van der Waals surface area contributed by atoms with Crippen molar-refractivity contribution in [1.82, 2.24) is 4.90 Å². The molecule has 4 atom stereocenters. The van der Waals surface area contributed by atoms with Crippen molar-refractivity contribution in [1.29, 1.82) is 0 Å². The molecule has 2 unspecified atom stereocenters. The standard InChI is InChI=1S/C15H25NO5/c1-6-7-10(2)13-11(3)12(20-15(18)21-13)8-9-19-14(17)16(4)5/h6-7,10-13H,8-9H2,1-5H3/b7-6+/t10-,11+,12?,13?/m1/s1. The average molecular weight is 299 g/mol. The Morgan fingerprint density at radius 2 is 2.10 bits per heavy atom. The number of cyclic esters (lactones) is 2. The molecule has 1 heterocycles. The van der Waals surface area contributed by atoms with Gasteiger partial charge in [0, 0.05) is 32.4 Å². The summed E-state index contributed by atoms with van der Waals surface area (Å²) in [5.74, 6) is 0.150. The predicted octanol–water partition coefficient (Wildman–Crippen LogP) is 2.83. The SMILES string of the molecule is C/C=C/[C@@H](C)C1OC(=O)OC(CCOC(=O)N(C)C)[C@@H]1C. The lowest BCUT2D eigenvalue weighted by atomic mass is 9.87. The maximum Gasteiger partial charge on any atom is 0.508 e. The number of nitrogens with zero attached hydrogens (tertiary/aromatic N) is 1. The minimum atomic E-state index is -0.654. The number of ether oxygens (including phenoxy) is 3. The molecule has 0 aliphatic carbocycles. The van der Waals surface area contributed by atoms with Gasteiger partial charge in [-0.1, -0.05) is 26.0 Å². The normalized spacial score (nSPS) is 26.9. The fraction of sp³-hybridized carbons (Fsp3) is 0.733. The van der Waals surface area contributed by atoms with E-state index in [0.717, 1.165) is 0 Å². The van der Waals surface area contributed by atoms with Crippen molar-refractivity contribution in [3.8, 4) is 0 Å². The summed E-state index contributed by atoms with van der Waals surface area (Å²) in [5, 5.41) is 0. The van der Waals surface area contributed by atoms with Crippen LogP contribution in [-0.4, -0.2) is 50.1 Å². The molecule has 120 valence electrons. The lowest BCUT2D eigenvalue weighted by molar-refractivity contribution is -0.110. The summed E-state index contributed by atoms with van der Waals surface area (Å²) in [6, 6.07) is 0. The van der Waals surface area contributed by atoms with Gasteiger partial charge in [-0.05, 0) is 6.92 Å². The van der Waals surface area contributed by atoms with Gasteiger partial charge in [0.15, 0.2) is 0 Å². The minimum absolute atomic E-state index is 0.0342. The van der Waals surface area contributed by atoms with Crippen LogP contribution in [0, 0.1) is 11.8 Å². The van der Waals surface area contributed by atoms with E-state index in [9.17, 15) is 9.59 Å². The molecule has 0 aromatic heterocycles. The topological polar surface area (TPSA) is 65.1 Å². The molecular formula is C15H25NO5. The average Bonchev–Trinajstić information content (AvgIpc) is 2.42. The van der Waals surface area contributed by atoms with Crippen LogP contribution in [0.2, 0.25) is 0 Å². The lowest BCUT2D eigenvalue weighted by Crippen LogP contribution is -2.45. The molecule has 0 radical (unpaired) electrons. The zero-order chi connectivity index (χ0) is 16.0. The Kier molecular flexibility index (Phi) is 6.52. The third kappa shape index (κ3) is 4.95. The molecule has 21 heavy (non-hydrogen) atoms. The first kappa shape index (κ1) is 17.3. The Bertz CT molecular complexity index is 394. The number of hydrogen-bond donors (Lipinski definition) is 0. The van der Waals surface area contributed by atoms with Crippen LogP contribution in [0.3, 0.4) is 0 Å². The monoisotopic (exact) mass is 299 g/mol. The van der Waals surface area contributed by atoms with E-state index in [1.165, 1.54) is 4.90 Å². The molecule has 6 nitrogen and oxygen atoms in total. The maximum absolute atomic E-state index is 11.6. The molecule has 1 saturated heterocycles. The highest BCUT2D eigenvalue weighted by Crippen LogP contribution is 2.29. The van der Waals surface area contributed by atoms with E-state index in [1.807, 2.05) is 32.9 Å². The second kappa shape index (κ2) is 7.90. The predicted molar refractivity (Wildman–Crippen MR) is 77.9 cm³/mol. The second-order valence-corrected chi connectivity index (χ2v) is 5.53. The minimum Gasteiger partial charge on any atom is -0.449 e. The Morgan fingerprint density at radius 3 is 2.67 bits per heavy atom. The van der Waals surface area contributed by atoms with Gasteiger partial charge in [-0.25, -0.2) is 9.59 Å². The Labute approximate surface area is 126 Å². The number of amides is 1. The molecule has 1 rings (SSSR count). The fourth-order valence-electron chi connectivity index (χ4n) is 2.40. The second-order valence-electron chi connectivity index (χ2n) is 5.53. The first-order valence-electron chi connectivity index (χ1n) is 7.21. The first-order valence-corrected chi connectivity index (χ1v) is 7.21. The lowest BCUT2D eigenvalue weighted by Gasteiger charge is -2.37. The number of hydrogen-bond acceptors (Lipinski definition) is 5. The van der Waals surface area contributed by atoms with E-state index in [4.69, 9.17) is 14.2 Å². The number of allylic oxidation sites excluding steroid dienone is 1. The van der Waals surface area contributed by atoms with Crippen molar-refractivity contribution in [2.24, 2.45) is 11.8 Å². The van der Waals surface area contributed by atoms with E-state index in [0.29, 0.717) is 6.42 Å². The van der Waals surface area contributed by atoms with Crippen molar-refractivity contribution in [3.05, 3.63) is 12.2 Å². The summed E-state index contributed by atoms with van der Waals surface area (Å²) in [4.78, 5) is 24.3. The summed E-state index contributed by atoms with van der Waals surface area (Å²) in [5.41, 5.74) is 0. The number of carbonyl (C=O) groups excluding carboxylic acids is 2. The van der Waals surface area contributed by atoms with Crippen molar-refractivity contribution < 1.29 is 23.8 Å². The summed E-state index contributed by atoms with van der Waals surface area (Å²) in [7, 11) is 3.24. The van der Waals surface area contributed by atoms with Gasteiger partial charge >= 0.3 is 12.2 Å². The van der Waals surface area contributed by atoms with E-state index in [1.54, 1.807) is 14.1 Å². The van der Waals surface area contributed by atoms with Gasteiger partial charge in [-0.15, -0.1) is 0 Å². The summed E-state index contributed by atoms with van der Waals surface area (Å²) < 4.78 is 15.6. The molecule has 0 bridgehead atoms. The smallest absolute Gasteiger partial charge is 0.449 e. The largest absolute Gasteiger partial charge is 0.508 e. The van der Waals surface area contributed by atoms with Crippen molar-refractivity contribution in [2.45, 2.75) is 39.4 Å². The van der Waals surface area contributed by atoms with Crippen LogP contribution < -0.4 is 0 Å². The van der Waals surface area contributed by atoms with Crippen molar-refractivity contribution >= 4 is 12.2 Å². The van der Waals surface area contributed by atoms with E-state index in [2.05, 4.69) is 0 Å². The van der Waals surface area contributed by atoms with E-state index < -0.39 is 12.2 Å². The summed E-state index contributed by atoms with van der Waals surface area (Å²) >= 11 is 0. The van der Waals surface area contributed by atoms with Crippen molar-refractivity contribution in [3.63, 3.8) is 0 Å². The molecule has 6 heteroatoms. The molecule has 1 fully saturated rings.